The maximum atomic E-state index is 13.9. The average Bonchev–Trinajstić information content (AvgIpc) is 3.62. The van der Waals surface area contributed by atoms with Crippen molar-refractivity contribution in [1.29, 1.82) is 0 Å². The minimum Gasteiger partial charge on any atom is -0.452 e. The van der Waals surface area contributed by atoms with Gasteiger partial charge in [0.2, 0.25) is 0 Å². The highest BCUT2D eigenvalue weighted by Gasteiger charge is 2.65. The van der Waals surface area contributed by atoms with Crippen molar-refractivity contribution < 1.29 is 100 Å². The summed E-state index contributed by atoms with van der Waals surface area (Å²) in [6, 6.07) is 9.91. The molecule has 6 atom stereocenters. The normalized spacial score (nSPS) is 23.1. The zero-order valence-electron chi connectivity index (χ0n) is 33.4. The van der Waals surface area contributed by atoms with Crippen LogP contribution >= 0.6 is 0 Å². The van der Waals surface area contributed by atoms with Crippen molar-refractivity contribution in [2.45, 2.75) is 99.2 Å². The molecule has 0 amide bonds. The zero-order chi connectivity index (χ0) is 48.0. The fourth-order valence-electron chi connectivity index (χ4n) is 7.72. The number of carbonyl (C=O) groups is 4. The molecule has 0 aromatic heterocycles. The van der Waals surface area contributed by atoms with Crippen molar-refractivity contribution in [3.63, 3.8) is 0 Å². The summed E-state index contributed by atoms with van der Waals surface area (Å²) >= 11 is 0. The molecule has 1 spiro atoms. The highest BCUT2D eigenvalue weighted by Crippen LogP contribution is 2.48. The number of benzene rings is 4. The fraction of sp³-hybridized carbons (Fsp3) is 0.364. The summed E-state index contributed by atoms with van der Waals surface area (Å²) in [4.78, 5) is 55.6. The molecule has 7 rings (SSSR count). The van der Waals surface area contributed by atoms with E-state index < -0.39 is 136 Å². The molecule has 0 N–H and O–H groups in total. The molecule has 10 nitrogen and oxygen atoms in total. The van der Waals surface area contributed by atoms with E-state index in [2.05, 4.69) is 0 Å². The predicted octanol–water partition coefficient (Wildman–Crippen LogP) is 10.4. The molecule has 3 fully saturated rings. The standard InChI is InChI=1S/C44H32F12O10/c45-41(46,47)26-12-4-22(5-13-26)36(57)61-30-31(62-37(58)23-6-14-27(15-7-23)42(48,49)50)33(64-39(60)25-10-18-29(19-11-25)44(54,55)56)35-34(65-40(66-35)20-2-1-3-21-40)32(30)63-38(59)24-8-16-28(17-9-24)43(51,52)53/h4-19,30-35H,1-3,20-21H2/t30-,31?,32+,33-,34?,35?/m1/s1. The topological polar surface area (TPSA) is 124 Å². The lowest BCUT2D eigenvalue weighted by Gasteiger charge is -2.44. The molecule has 0 bridgehead atoms. The van der Waals surface area contributed by atoms with Crippen LogP contribution in [0.3, 0.4) is 0 Å². The molecule has 1 saturated heterocycles. The first kappa shape index (κ1) is 47.8. The molecule has 66 heavy (non-hydrogen) atoms. The molecule has 1 aliphatic heterocycles. The summed E-state index contributed by atoms with van der Waals surface area (Å²) in [6.07, 6.45) is -29.6. The number of carbonyl (C=O) groups excluding carboxylic acids is 4. The molecule has 4 aromatic carbocycles. The number of fused-ring (bicyclic) bond motifs is 1. The Bertz CT molecular complexity index is 2240. The Morgan fingerprint density at radius 1 is 0.379 bits per heavy atom. The van der Waals surface area contributed by atoms with Gasteiger partial charge in [-0.15, -0.1) is 0 Å². The summed E-state index contributed by atoms with van der Waals surface area (Å²) in [6.45, 7) is 0. The molecule has 4 aromatic rings. The van der Waals surface area contributed by atoms with Gasteiger partial charge >= 0.3 is 48.6 Å². The lowest BCUT2D eigenvalue weighted by atomic mass is 9.84. The van der Waals surface area contributed by atoms with E-state index >= 15 is 0 Å². The van der Waals surface area contributed by atoms with Crippen molar-refractivity contribution in [2.24, 2.45) is 0 Å². The van der Waals surface area contributed by atoms with Crippen LogP contribution in [0.15, 0.2) is 97.1 Å². The Morgan fingerprint density at radius 3 is 0.833 bits per heavy atom. The highest BCUT2D eigenvalue weighted by molar-refractivity contribution is 5.92. The Morgan fingerprint density at radius 2 is 0.606 bits per heavy atom. The maximum absolute atomic E-state index is 13.9. The molecule has 1 heterocycles. The van der Waals surface area contributed by atoms with Gasteiger partial charge < -0.3 is 28.4 Å². The van der Waals surface area contributed by atoms with Gasteiger partial charge in [-0.1, -0.05) is 6.42 Å². The van der Waals surface area contributed by atoms with Crippen LogP contribution < -0.4 is 0 Å². The van der Waals surface area contributed by atoms with Gasteiger partial charge in [-0.3, -0.25) is 0 Å². The molecule has 22 heteroatoms. The first-order valence-corrected chi connectivity index (χ1v) is 19.7. The number of hydrogen-bond donors (Lipinski definition) is 0. The van der Waals surface area contributed by atoms with Crippen LogP contribution in [-0.4, -0.2) is 66.3 Å². The Balaban J connectivity index is 1.35. The number of rotatable bonds is 8. The summed E-state index contributed by atoms with van der Waals surface area (Å²) in [5, 5.41) is 0. The first-order chi connectivity index (χ1) is 30.8. The lowest BCUT2D eigenvalue weighted by molar-refractivity contribution is -0.203. The van der Waals surface area contributed by atoms with Crippen LogP contribution in [0.5, 0.6) is 0 Å². The largest absolute Gasteiger partial charge is 0.452 e. The third-order valence-corrected chi connectivity index (χ3v) is 11.0. The van der Waals surface area contributed by atoms with Gasteiger partial charge in [-0.05, 0) is 110 Å². The molecule has 3 unspecified atom stereocenters. The second-order valence-electron chi connectivity index (χ2n) is 15.4. The van der Waals surface area contributed by atoms with Crippen molar-refractivity contribution in [3.8, 4) is 0 Å². The molecular weight excluding hydrogens is 916 g/mol. The van der Waals surface area contributed by atoms with Gasteiger partial charge in [0.05, 0.1) is 44.5 Å². The lowest BCUT2D eigenvalue weighted by Crippen LogP contribution is -2.66. The number of alkyl halides is 12. The average molecular weight is 949 g/mol. The monoisotopic (exact) mass is 948 g/mol. The maximum Gasteiger partial charge on any atom is 0.416 e. The predicted molar refractivity (Wildman–Crippen MR) is 198 cm³/mol. The van der Waals surface area contributed by atoms with Crippen molar-refractivity contribution in [2.75, 3.05) is 0 Å². The minimum atomic E-state index is -4.87. The summed E-state index contributed by atoms with van der Waals surface area (Å²) in [5.41, 5.74) is -6.94. The SMILES string of the molecule is O=C(OC1[C@@H](OC(=O)c2ccc(C(F)(F)F)cc2)C2OC3(CCCCC3)OC2[C@@H](OC(=O)c2ccc(C(F)(F)F)cc2)[C@@H]1OC(=O)c1ccc(C(F)(F)F)cc1)c1ccc(C(F)(F)F)cc1. The highest BCUT2D eigenvalue weighted by atomic mass is 19.4. The van der Waals surface area contributed by atoms with Gasteiger partial charge in [-0.2, -0.15) is 52.7 Å². The van der Waals surface area contributed by atoms with Crippen LogP contribution in [0.2, 0.25) is 0 Å². The summed E-state index contributed by atoms with van der Waals surface area (Å²) in [7, 11) is 0. The van der Waals surface area contributed by atoms with E-state index in [-0.39, 0.29) is 12.8 Å². The van der Waals surface area contributed by atoms with Crippen molar-refractivity contribution in [1.82, 2.24) is 0 Å². The van der Waals surface area contributed by atoms with Crippen molar-refractivity contribution >= 4 is 23.9 Å². The molecule has 0 radical (unpaired) electrons. The van der Waals surface area contributed by atoms with Gasteiger partial charge in [0, 0.05) is 12.8 Å². The molecule has 2 saturated carbocycles. The molecule has 2 aliphatic carbocycles. The Hall–Kier alpha value is -6.16. The zero-order valence-corrected chi connectivity index (χ0v) is 33.4. The van der Waals surface area contributed by atoms with E-state index in [1.165, 1.54) is 0 Å². The fourth-order valence-corrected chi connectivity index (χ4v) is 7.72. The van der Waals surface area contributed by atoms with E-state index in [4.69, 9.17) is 28.4 Å². The number of ether oxygens (including phenoxy) is 6. The smallest absolute Gasteiger partial charge is 0.416 e. The summed E-state index contributed by atoms with van der Waals surface area (Å²) < 4.78 is 197. The van der Waals surface area contributed by atoms with E-state index in [0.29, 0.717) is 92.1 Å². The minimum absolute atomic E-state index is 0.130. The number of hydrogen-bond acceptors (Lipinski definition) is 10. The second kappa shape index (κ2) is 17.9. The number of esters is 4. The third-order valence-electron chi connectivity index (χ3n) is 11.0. The van der Waals surface area contributed by atoms with Crippen LogP contribution in [0.4, 0.5) is 52.7 Å². The van der Waals surface area contributed by atoms with Crippen LogP contribution in [0, 0.1) is 0 Å². The van der Waals surface area contributed by atoms with E-state index in [1.807, 2.05) is 0 Å². The molecular formula is C44H32F12O10. The Kier molecular flexibility index (Phi) is 13.0. The van der Waals surface area contributed by atoms with Crippen molar-refractivity contribution in [3.05, 3.63) is 142 Å². The van der Waals surface area contributed by atoms with Gasteiger partial charge in [-0.25, -0.2) is 19.2 Å². The van der Waals surface area contributed by atoms with Gasteiger partial charge in [0.15, 0.2) is 30.2 Å². The second-order valence-corrected chi connectivity index (χ2v) is 15.4. The van der Waals surface area contributed by atoms with Crippen LogP contribution in [-0.2, 0) is 53.1 Å². The quantitative estimate of drug-likeness (QED) is 0.0958. The van der Waals surface area contributed by atoms with E-state index in [1.54, 1.807) is 0 Å². The van der Waals surface area contributed by atoms with Crippen LogP contribution in [0.1, 0.15) is 95.8 Å². The number of halogens is 12. The van der Waals surface area contributed by atoms with E-state index in [0.717, 1.165) is 24.3 Å². The molecule has 352 valence electrons. The Labute approximate surface area is 364 Å². The van der Waals surface area contributed by atoms with E-state index in [9.17, 15) is 71.9 Å². The summed E-state index contributed by atoms with van der Waals surface area (Å²) in [5.74, 6) is -7.36. The third kappa shape index (κ3) is 10.4. The van der Waals surface area contributed by atoms with Gasteiger partial charge in [0.25, 0.3) is 0 Å². The van der Waals surface area contributed by atoms with Crippen LogP contribution in [0.25, 0.3) is 0 Å². The molecule has 3 aliphatic rings. The first-order valence-electron chi connectivity index (χ1n) is 19.7. The van der Waals surface area contributed by atoms with Gasteiger partial charge in [0.1, 0.15) is 12.2 Å².